The minimum absolute atomic E-state index is 0. The monoisotopic (exact) mass is 346 g/mol. The van der Waals surface area contributed by atoms with Crippen LogP contribution in [0.4, 0.5) is 0 Å². The van der Waals surface area contributed by atoms with Crippen LogP contribution in [-0.2, 0) is 17.8 Å². The van der Waals surface area contributed by atoms with E-state index in [0.717, 1.165) is 23.3 Å². The molecule has 0 saturated heterocycles. The number of benzene rings is 2. The summed E-state index contributed by atoms with van der Waals surface area (Å²) >= 11 is 0. The number of hydrogen-bond acceptors (Lipinski definition) is 3. The van der Waals surface area contributed by atoms with Crippen molar-refractivity contribution in [2.75, 3.05) is 13.1 Å². The second-order valence-electron chi connectivity index (χ2n) is 5.81. The number of hydrogen-bond donors (Lipinski definition) is 1. The fourth-order valence-corrected chi connectivity index (χ4v) is 2.88. The second kappa shape index (κ2) is 8.71. The molecule has 0 fully saturated rings. The van der Waals surface area contributed by atoms with Crippen molar-refractivity contribution in [1.82, 2.24) is 4.90 Å². The first-order valence-electron chi connectivity index (χ1n) is 8.05. The molecule has 4 nitrogen and oxygen atoms in total. The molecule has 1 unspecified atom stereocenters. The van der Waals surface area contributed by atoms with Gasteiger partial charge in [0.15, 0.2) is 6.10 Å². The third kappa shape index (κ3) is 4.28. The lowest BCUT2D eigenvalue weighted by Gasteiger charge is -2.25. The Hall–Kier alpha value is -2.04. The quantitative estimate of drug-likeness (QED) is 0.875. The minimum atomic E-state index is -0.422. The average Bonchev–Trinajstić information content (AvgIpc) is 3.03. The van der Waals surface area contributed by atoms with Gasteiger partial charge in [0.25, 0.3) is 5.91 Å². The third-order valence-corrected chi connectivity index (χ3v) is 4.08. The van der Waals surface area contributed by atoms with Gasteiger partial charge < -0.3 is 15.4 Å². The van der Waals surface area contributed by atoms with E-state index >= 15 is 0 Å². The van der Waals surface area contributed by atoms with Gasteiger partial charge in [0.2, 0.25) is 0 Å². The molecule has 1 heterocycles. The van der Waals surface area contributed by atoms with Gasteiger partial charge in [-0.15, -0.1) is 12.4 Å². The Balaban J connectivity index is 0.00000208. The number of nitrogens with two attached hydrogens (primary N) is 1. The van der Waals surface area contributed by atoms with Crippen molar-refractivity contribution in [1.29, 1.82) is 0 Å². The van der Waals surface area contributed by atoms with Gasteiger partial charge in [0.1, 0.15) is 5.75 Å². The van der Waals surface area contributed by atoms with E-state index in [9.17, 15) is 4.79 Å². The fourth-order valence-electron chi connectivity index (χ4n) is 2.88. The van der Waals surface area contributed by atoms with Crippen LogP contribution in [0.2, 0.25) is 0 Å². The van der Waals surface area contributed by atoms with Crippen molar-refractivity contribution in [3.05, 3.63) is 65.7 Å². The molecule has 24 heavy (non-hydrogen) atoms. The Morgan fingerprint density at radius 2 is 1.83 bits per heavy atom. The zero-order valence-electron chi connectivity index (χ0n) is 13.6. The molecule has 1 aliphatic heterocycles. The van der Waals surface area contributed by atoms with Crippen LogP contribution in [0, 0.1) is 0 Å². The molecule has 1 amide bonds. The lowest BCUT2D eigenvalue weighted by molar-refractivity contribution is -0.138. The highest BCUT2D eigenvalue weighted by molar-refractivity contribution is 5.85. The highest BCUT2D eigenvalue weighted by Crippen LogP contribution is 2.29. The summed E-state index contributed by atoms with van der Waals surface area (Å²) in [5, 5.41) is 0. The number of rotatable bonds is 6. The first kappa shape index (κ1) is 18.3. The molecule has 5 heteroatoms. The summed E-state index contributed by atoms with van der Waals surface area (Å²) in [4.78, 5) is 14.7. The van der Waals surface area contributed by atoms with Gasteiger partial charge in [-0.2, -0.15) is 0 Å². The number of carbonyl (C=O) groups excluding carboxylic acids is 1. The smallest absolute Gasteiger partial charge is 0.264 e. The molecule has 1 atom stereocenters. The predicted octanol–water partition coefficient (Wildman–Crippen LogP) is 2.79. The maximum Gasteiger partial charge on any atom is 0.264 e. The molecule has 2 N–H and O–H groups in total. The van der Waals surface area contributed by atoms with Crippen molar-refractivity contribution in [2.24, 2.45) is 5.73 Å². The van der Waals surface area contributed by atoms with E-state index in [1.807, 2.05) is 59.5 Å². The van der Waals surface area contributed by atoms with E-state index in [-0.39, 0.29) is 18.3 Å². The molecule has 0 saturated carbocycles. The Morgan fingerprint density at radius 1 is 1.12 bits per heavy atom. The summed E-state index contributed by atoms with van der Waals surface area (Å²) in [5.41, 5.74) is 7.84. The predicted molar refractivity (Wildman–Crippen MR) is 97.3 cm³/mol. The van der Waals surface area contributed by atoms with Gasteiger partial charge in [-0.25, -0.2) is 0 Å². The van der Waals surface area contributed by atoms with Gasteiger partial charge in [0.05, 0.1) is 0 Å². The van der Waals surface area contributed by atoms with E-state index in [2.05, 4.69) is 0 Å². The van der Waals surface area contributed by atoms with Gasteiger partial charge >= 0.3 is 0 Å². The Labute approximate surface area is 149 Å². The van der Waals surface area contributed by atoms with E-state index < -0.39 is 6.10 Å². The largest absolute Gasteiger partial charge is 0.480 e. The number of para-hydroxylation sites is 1. The van der Waals surface area contributed by atoms with Gasteiger partial charge in [0, 0.05) is 19.5 Å². The maximum absolute atomic E-state index is 12.9. The average molecular weight is 347 g/mol. The number of carbonyl (C=O) groups is 1. The molecule has 0 aliphatic carbocycles. The SMILES string of the molecule is Cl.NCCCN(Cc1ccccc1)C(=O)C1Cc2ccccc2O1. The van der Waals surface area contributed by atoms with Crippen molar-refractivity contribution in [2.45, 2.75) is 25.5 Å². The molecule has 0 bridgehead atoms. The van der Waals surface area contributed by atoms with Crippen LogP contribution >= 0.6 is 12.4 Å². The molecule has 3 rings (SSSR count). The molecule has 1 aliphatic rings. The zero-order chi connectivity index (χ0) is 16.1. The van der Waals surface area contributed by atoms with Gasteiger partial charge in [-0.3, -0.25) is 4.79 Å². The molecule has 0 aromatic heterocycles. The van der Waals surface area contributed by atoms with Gasteiger partial charge in [-0.1, -0.05) is 48.5 Å². The van der Waals surface area contributed by atoms with Crippen molar-refractivity contribution in [3.8, 4) is 5.75 Å². The van der Waals surface area contributed by atoms with E-state index in [4.69, 9.17) is 10.5 Å². The highest BCUT2D eigenvalue weighted by atomic mass is 35.5. The number of fused-ring (bicyclic) bond motifs is 1. The minimum Gasteiger partial charge on any atom is -0.480 e. The molecule has 0 radical (unpaired) electrons. The molecule has 128 valence electrons. The molecular weight excluding hydrogens is 324 g/mol. The molecular formula is C19H23ClN2O2. The van der Waals surface area contributed by atoms with Crippen LogP contribution in [0.15, 0.2) is 54.6 Å². The van der Waals surface area contributed by atoms with Crippen LogP contribution < -0.4 is 10.5 Å². The lowest BCUT2D eigenvalue weighted by atomic mass is 10.1. The molecule has 0 spiro atoms. The summed E-state index contributed by atoms with van der Waals surface area (Å²) in [5.74, 6) is 0.864. The van der Waals surface area contributed by atoms with Crippen LogP contribution in [0.3, 0.4) is 0 Å². The fraction of sp³-hybridized carbons (Fsp3) is 0.316. The third-order valence-electron chi connectivity index (χ3n) is 4.08. The normalized spacial score (nSPS) is 15.1. The first-order chi connectivity index (χ1) is 11.3. The van der Waals surface area contributed by atoms with E-state index in [1.165, 1.54) is 0 Å². The summed E-state index contributed by atoms with van der Waals surface area (Å²) in [6.07, 6.45) is 1.01. The van der Waals surface area contributed by atoms with Crippen molar-refractivity contribution >= 4 is 18.3 Å². The van der Waals surface area contributed by atoms with Gasteiger partial charge in [-0.05, 0) is 30.2 Å². The standard InChI is InChI=1S/C19H22N2O2.ClH/c20-11-6-12-21(14-15-7-2-1-3-8-15)19(22)18-13-16-9-4-5-10-17(16)23-18;/h1-5,7-10,18H,6,11-14,20H2;1H. The Morgan fingerprint density at radius 3 is 2.54 bits per heavy atom. The zero-order valence-corrected chi connectivity index (χ0v) is 14.4. The van der Waals surface area contributed by atoms with E-state index in [1.54, 1.807) is 0 Å². The summed E-state index contributed by atoms with van der Waals surface area (Å²) in [6, 6.07) is 17.9. The summed E-state index contributed by atoms with van der Waals surface area (Å²) in [7, 11) is 0. The Bertz CT molecular complexity index is 638. The molecule has 2 aromatic carbocycles. The first-order valence-corrected chi connectivity index (χ1v) is 8.05. The summed E-state index contributed by atoms with van der Waals surface area (Å²) in [6.45, 7) is 1.82. The van der Waals surface area contributed by atoms with Crippen LogP contribution in [-0.4, -0.2) is 30.0 Å². The lowest BCUT2D eigenvalue weighted by Crippen LogP contribution is -2.41. The van der Waals surface area contributed by atoms with Crippen LogP contribution in [0.25, 0.3) is 0 Å². The number of nitrogens with zero attached hydrogens (tertiary/aromatic N) is 1. The maximum atomic E-state index is 12.9. The number of amides is 1. The second-order valence-corrected chi connectivity index (χ2v) is 5.81. The number of ether oxygens (including phenoxy) is 1. The number of halogens is 1. The summed E-state index contributed by atoms with van der Waals surface area (Å²) < 4.78 is 5.84. The Kier molecular flexibility index (Phi) is 6.64. The van der Waals surface area contributed by atoms with Crippen molar-refractivity contribution in [3.63, 3.8) is 0 Å². The van der Waals surface area contributed by atoms with Crippen LogP contribution in [0.1, 0.15) is 17.5 Å². The highest BCUT2D eigenvalue weighted by Gasteiger charge is 2.32. The molecule has 2 aromatic rings. The van der Waals surface area contributed by atoms with E-state index in [0.29, 0.717) is 26.1 Å². The van der Waals surface area contributed by atoms with Crippen molar-refractivity contribution < 1.29 is 9.53 Å². The van der Waals surface area contributed by atoms with Crippen LogP contribution in [0.5, 0.6) is 5.75 Å². The topological polar surface area (TPSA) is 55.6 Å².